The molecule has 1 aromatic carbocycles. The second-order valence-corrected chi connectivity index (χ2v) is 3.12. The summed E-state index contributed by atoms with van der Waals surface area (Å²) < 4.78 is 0. The van der Waals surface area contributed by atoms with E-state index in [9.17, 15) is 10.2 Å². The molecule has 14 heavy (non-hydrogen) atoms. The SMILES string of the molecule is CNC(C)C(O)c1cccc(O)c1.Cl. The summed E-state index contributed by atoms with van der Waals surface area (Å²) in [6.07, 6.45) is -0.586. The fourth-order valence-electron chi connectivity index (χ4n) is 1.16. The molecule has 2 unspecified atom stereocenters. The molecule has 0 bridgehead atoms. The Morgan fingerprint density at radius 3 is 2.50 bits per heavy atom. The monoisotopic (exact) mass is 217 g/mol. The number of hydrogen-bond acceptors (Lipinski definition) is 3. The maximum Gasteiger partial charge on any atom is 0.115 e. The van der Waals surface area contributed by atoms with Gasteiger partial charge in [0.05, 0.1) is 6.10 Å². The first kappa shape index (κ1) is 13.2. The minimum Gasteiger partial charge on any atom is -0.508 e. The molecule has 80 valence electrons. The molecule has 0 heterocycles. The zero-order valence-electron chi connectivity index (χ0n) is 8.27. The third-order valence-corrected chi connectivity index (χ3v) is 2.14. The average molecular weight is 218 g/mol. The van der Waals surface area contributed by atoms with Gasteiger partial charge < -0.3 is 15.5 Å². The van der Waals surface area contributed by atoms with Crippen molar-refractivity contribution in [2.24, 2.45) is 0 Å². The smallest absolute Gasteiger partial charge is 0.115 e. The van der Waals surface area contributed by atoms with E-state index >= 15 is 0 Å². The van der Waals surface area contributed by atoms with Crippen molar-refractivity contribution in [3.63, 3.8) is 0 Å². The van der Waals surface area contributed by atoms with E-state index in [2.05, 4.69) is 5.32 Å². The van der Waals surface area contributed by atoms with Gasteiger partial charge in [-0.05, 0) is 31.7 Å². The van der Waals surface area contributed by atoms with Crippen LogP contribution in [0, 0.1) is 0 Å². The first-order chi connectivity index (χ1) is 6.15. The van der Waals surface area contributed by atoms with Gasteiger partial charge in [-0.15, -0.1) is 12.4 Å². The van der Waals surface area contributed by atoms with Crippen LogP contribution in [0.4, 0.5) is 0 Å². The Morgan fingerprint density at radius 1 is 1.36 bits per heavy atom. The minimum absolute atomic E-state index is 0. The summed E-state index contributed by atoms with van der Waals surface area (Å²) in [6.45, 7) is 1.88. The number of phenolic OH excluding ortho intramolecular Hbond substituents is 1. The molecule has 0 radical (unpaired) electrons. The molecule has 1 aromatic rings. The standard InChI is InChI=1S/C10H15NO2.ClH/c1-7(11-2)10(13)8-4-3-5-9(12)6-8;/h3-7,10-13H,1-2H3;1H. The van der Waals surface area contributed by atoms with E-state index in [0.29, 0.717) is 0 Å². The van der Waals surface area contributed by atoms with Crippen LogP contribution in [0.1, 0.15) is 18.6 Å². The maximum atomic E-state index is 9.74. The van der Waals surface area contributed by atoms with Crippen molar-refractivity contribution in [3.8, 4) is 5.75 Å². The van der Waals surface area contributed by atoms with E-state index < -0.39 is 6.10 Å². The number of phenols is 1. The van der Waals surface area contributed by atoms with Crippen molar-refractivity contribution in [2.45, 2.75) is 19.1 Å². The normalized spacial score (nSPS) is 14.2. The predicted molar refractivity (Wildman–Crippen MR) is 58.8 cm³/mol. The van der Waals surface area contributed by atoms with E-state index in [4.69, 9.17) is 0 Å². The second kappa shape index (κ2) is 5.86. The summed E-state index contributed by atoms with van der Waals surface area (Å²) in [5, 5.41) is 21.9. The van der Waals surface area contributed by atoms with Gasteiger partial charge in [-0.25, -0.2) is 0 Å². The number of halogens is 1. The first-order valence-corrected chi connectivity index (χ1v) is 4.29. The molecule has 0 amide bonds. The van der Waals surface area contributed by atoms with Gasteiger partial charge in [-0.3, -0.25) is 0 Å². The Hall–Kier alpha value is -0.770. The lowest BCUT2D eigenvalue weighted by Gasteiger charge is -2.18. The number of aromatic hydroxyl groups is 1. The largest absolute Gasteiger partial charge is 0.508 e. The Labute approximate surface area is 90.2 Å². The van der Waals surface area contributed by atoms with Gasteiger partial charge in [0, 0.05) is 6.04 Å². The summed E-state index contributed by atoms with van der Waals surface area (Å²) in [6, 6.07) is 6.63. The molecule has 3 nitrogen and oxygen atoms in total. The number of aliphatic hydroxyl groups excluding tert-OH is 1. The highest BCUT2D eigenvalue weighted by Gasteiger charge is 2.14. The van der Waals surface area contributed by atoms with Crippen molar-refractivity contribution in [1.82, 2.24) is 5.32 Å². The van der Waals surface area contributed by atoms with E-state index in [-0.39, 0.29) is 24.2 Å². The van der Waals surface area contributed by atoms with Crippen LogP contribution in [0.3, 0.4) is 0 Å². The fourth-order valence-corrected chi connectivity index (χ4v) is 1.16. The minimum atomic E-state index is -0.586. The topological polar surface area (TPSA) is 52.5 Å². The summed E-state index contributed by atoms with van der Waals surface area (Å²) in [5.41, 5.74) is 0.724. The summed E-state index contributed by atoms with van der Waals surface area (Å²) in [7, 11) is 1.79. The van der Waals surface area contributed by atoms with Gasteiger partial charge in [0.15, 0.2) is 0 Å². The highest BCUT2D eigenvalue weighted by Crippen LogP contribution is 2.20. The van der Waals surface area contributed by atoms with Gasteiger partial charge in [-0.2, -0.15) is 0 Å². The van der Waals surface area contributed by atoms with Crippen LogP contribution in [0.2, 0.25) is 0 Å². The molecule has 0 aliphatic carbocycles. The summed E-state index contributed by atoms with van der Waals surface area (Å²) >= 11 is 0. The van der Waals surface area contributed by atoms with Crippen LogP contribution in [0.25, 0.3) is 0 Å². The lowest BCUT2D eigenvalue weighted by molar-refractivity contribution is 0.140. The number of nitrogens with one attached hydrogen (secondary N) is 1. The molecule has 1 rings (SSSR count). The highest BCUT2D eigenvalue weighted by atomic mass is 35.5. The molecule has 0 spiro atoms. The molecule has 0 fully saturated rings. The molecular formula is C10H16ClNO2. The summed E-state index contributed by atoms with van der Waals surface area (Å²) in [5.74, 6) is 0.180. The predicted octanol–water partition coefficient (Wildman–Crippen LogP) is 1.46. The van der Waals surface area contributed by atoms with Crippen LogP contribution in [-0.2, 0) is 0 Å². The number of benzene rings is 1. The molecule has 4 heteroatoms. The molecule has 2 atom stereocenters. The van der Waals surface area contributed by atoms with Crippen molar-refractivity contribution < 1.29 is 10.2 Å². The molecule has 3 N–H and O–H groups in total. The molecular weight excluding hydrogens is 202 g/mol. The van der Waals surface area contributed by atoms with Crippen molar-refractivity contribution in [2.75, 3.05) is 7.05 Å². The van der Waals surface area contributed by atoms with Crippen molar-refractivity contribution in [1.29, 1.82) is 0 Å². The van der Waals surface area contributed by atoms with Gasteiger partial charge in [0.25, 0.3) is 0 Å². The number of aliphatic hydroxyl groups is 1. The lowest BCUT2D eigenvalue weighted by atomic mass is 10.0. The fraction of sp³-hybridized carbons (Fsp3) is 0.400. The van der Waals surface area contributed by atoms with Gasteiger partial charge in [-0.1, -0.05) is 12.1 Å². The Morgan fingerprint density at radius 2 is 2.00 bits per heavy atom. The lowest BCUT2D eigenvalue weighted by Crippen LogP contribution is -2.28. The highest BCUT2D eigenvalue weighted by molar-refractivity contribution is 5.85. The molecule has 0 aliphatic rings. The maximum absolute atomic E-state index is 9.74. The van der Waals surface area contributed by atoms with Gasteiger partial charge >= 0.3 is 0 Å². The molecule has 0 aromatic heterocycles. The Kier molecular flexibility index (Phi) is 5.53. The van der Waals surface area contributed by atoms with Gasteiger partial charge in [0.2, 0.25) is 0 Å². The zero-order valence-corrected chi connectivity index (χ0v) is 9.08. The molecule has 0 saturated heterocycles. The number of rotatable bonds is 3. The van der Waals surface area contributed by atoms with E-state index in [1.54, 1.807) is 31.3 Å². The van der Waals surface area contributed by atoms with E-state index in [1.807, 2.05) is 6.92 Å². The zero-order chi connectivity index (χ0) is 9.84. The van der Waals surface area contributed by atoms with E-state index in [1.165, 1.54) is 0 Å². The van der Waals surface area contributed by atoms with E-state index in [0.717, 1.165) is 5.56 Å². The molecule has 0 saturated carbocycles. The van der Waals surface area contributed by atoms with Crippen LogP contribution < -0.4 is 5.32 Å². The van der Waals surface area contributed by atoms with Crippen LogP contribution in [0.15, 0.2) is 24.3 Å². The number of likely N-dealkylation sites (N-methyl/N-ethyl adjacent to an activating group) is 1. The van der Waals surface area contributed by atoms with Crippen LogP contribution >= 0.6 is 12.4 Å². The summed E-state index contributed by atoms with van der Waals surface area (Å²) in [4.78, 5) is 0. The van der Waals surface area contributed by atoms with Crippen molar-refractivity contribution >= 4 is 12.4 Å². The van der Waals surface area contributed by atoms with Crippen LogP contribution in [0.5, 0.6) is 5.75 Å². The Balaban J connectivity index is 0.00000169. The molecule has 0 aliphatic heterocycles. The third kappa shape index (κ3) is 3.18. The van der Waals surface area contributed by atoms with Crippen LogP contribution in [-0.4, -0.2) is 23.3 Å². The Bertz CT molecular complexity index is 281. The second-order valence-electron chi connectivity index (χ2n) is 3.12. The third-order valence-electron chi connectivity index (χ3n) is 2.14. The number of hydrogen-bond donors (Lipinski definition) is 3. The van der Waals surface area contributed by atoms with Crippen molar-refractivity contribution in [3.05, 3.63) is 29.8 Å². The average Bonchev–Trinajstić information content (AvgIpc) is 2.15. The quantitative estimate of drug-likeness (QED) is 0.719. The first-order valence-electron chi connectivity index (χ1n) is 4.29. The van der Waals surface area contributed by atoms with Gasteiger partial charge in [0.1, 0.15) is 5.75 Å².